The lowest BCUT2D eigenvalue weighted by Gasteiger charge is -2.15. The number of ether oxygens (including phenoxy) is 2. The number of carboxylic acids is 1. The molecule has 0 fully saturated rings. The molecule has 6 nitrogen and oxygen atoms in total. The Morgan fingerprint density at radius 1 is 1.46 bits per heavy atom. The van der Waals surface area contributed by atoms with Crippen LogP contribution in [0.5, 0.6) is 5.75 Å². The van der Waals surface area contributed by atoms with Gasteiger partial charge in [0, 0.05) is 17.1 Å². The molecule has 126 valence electrons. The molecule has 1 heterocycles. The number of carboxylic acid groups (broad SMARTS) is 1. The fourth-order valence-corrected chi connectivity index (χ4v) is 2.85. The molecular weight excluding hydrogens is 310 g/mol. The van der Waals surface area contributed by atoms with Crippen LogP contribution in [0.2, 0.25) is 0 Å². The fraction of sp³-hybridized carbons (Fsp3) is 0.389. The molecule has 0 aromatic heterocycles. The van der Waals surface area contributed by atoms with Gasteiger partial charge >= 0.3 is 5.97 Å². The summed E-state index contributed by atoms with van der Waals surface area (Å²) in [5, 5.41) is 20.1. The first-order chi connectivity index (χ1) is 11.4. The summed E-state index contributed by atoms with van der Waals surface area (Å²) in [5.41, 5.74) is 3.53. The Labute approximate surface area is 140 Å². The van der Waals surface area contributed by atoms with Crippen molar-refractivity contribution in [3.63, 3.8) is 0 Å². The quantitative estimate of drug-likeness (QED) is 0.580. The van der Waals surface area contributed by atoms with Crippen molar-refractivity contribution in [3.8, 4) is 11.8 Å². The maximum Gasteiger partial charge on any atom is 0.340 e. The molecule has 1 aliphatic heterocycles. The van der Waals surface area contributed by atoms with Crippen molar-refractivity contribution in [1.29, 1.82) is 5.26 Å². The van der Waals surface area contributed by atoms with E-state index in [-0.39, 0.29) is 18.6 Å². The van der Waals surface area contributed by atoms with E-state index in [9.17, 15) is 20.0 Å². The zero-order chi connectivity index (χ0) is 17.9. The van der Waals surface area contributed by atoms with Gasteiger partial charge in [-0.3, -0.25) is 0 Å². The lowest BCUT2D eigenvalue weighted by molar-refractivity contribution is -0.305. The Morgan fingerprint density at radius 2 is 2.17 bits per heavy atom. The van der Waals surface area contributed by atoms with Crippen molar-refractivity contribution in [2.45, 2.75) is 39.7 Å². The Kier molecular flexibility index (Phi) is 5.24. The normalized spacial score (nSPS) is 13.2. The third-order valence-corrected chi connectivity index (χ3v) is 4.17. The standard InChI is InChI=1S/C18H19NO5/c1-10(5-7-15(20)21)4-6-12-13(8-19)16-14(9-24-18(16)22)11(2)17(12)23-3/h4H,5-7,9H2,1-3H3,(H,20,21)/p-1/b10-4+. The summed E-state index contributed by atoms with van der Waals surface area (Å²) in [6.07, 6.45) is 2.53. The molecule has 0 saturated carbocycles. The summed E-state index contributed by atoms with van der Waals surface area (Å²) in [5.74, 6) is -1.03. The number of hydrogen-bond donors (Lipinski definition) is 0. The topological polar surface area (TPSA) is 99.5 Å². The van der Waals surface area contributed by atoms with Crippen molar-refractivity contribution in [2.24, 2.45) is 0 Å². The Hall–Kier alpha value is -2.81. The lowest BCUT2D eigenvalue weighted by atomic mass is 9.90. The molecule has 0 saturated heterocycles. The third kappa shape index (κ3) is 3.25. The van der Waals surface area contributed by atoms with Gasteiger partial charge in [-0.2, -0.15) is 5.26 Å². The monoisotopic (exact) mass is 328 g/mol. The molecule has 0 N–H and O–H groups in total. The molecule has 1 aromatic rings. The van der Waals surface area contributed by atoms with Gasteiger partial charge in [0.05, 0.1) is 18.2 Å². The first-order valence-corrected chi connectivity index (χ1v) is 7.55. The number of esters is 1. The number of methoxy groups -OCH3 is 1. The van der Waals surface area contributed by atoms with E-state index in [1.807, 2.05) is 19.9 Å². The van der Waals surface area contributed by atoms with Crippen LogP contribution in [0.1, 0.15) is 52.4 Å². The number of nitriles is 1. The minimum atomic E-state index is -1.10. The predicted octanol–water partition coefficient (Wildman–Crippen LogP) is 1.56. The van der Waals surface area contributed by atoms with Gasteiger partial charge in [0.15, 0.2) is 0 Å². The minimum absolute atomic E-state index is 0.0554. The van der Waals surface area contributed by atoms with Crippen LogP contribution in [0.25, 0.3) is 0 Å². The first-order valence-electron chi connectivity index (χ1n) is 7.55. The second kappa shape index (κ2) is 7.18. The van der Waals surface area contributed by atoms with Gasteiger partial charge in [0.2, 0.25) is 0 Å². The van der Waals surface area contributed by atoms with E-state index < -0.39 is 11.9 Å². The van der Waals surface area contributed by atoms with E-state index >= 15 is 0 Å². The summed E-state index contributed by atoms with van der Waals surface area (Å²) < 4.78 is 10.5. The summed E-state index contributed by atoms with van der Waals surface area (Å²) in [6, 6.07) is 2.09. The molecule has 0 spiro atoms. The highest BCUT2D eigenvalue weighted by Crippen LogP contribution is 2.37. The number of carbonyl (C=O) groups is 2. The fourth-order valence-electron chi connectivity index (χ4n) is 2.85. The Bertz CT molecular complexity index is 771. The number of allylic oxidation sites excluding steroid dienone is 2. The number of cyclic esters (lactones) is 1. The summed E-state index contributed by atoms with van der Waals surface area (Å²) in [6.45, 7) is 3.79. The van der Waals surface area contributed by atoms with E-state index in [2.05, 4.69) is 6.07 Å². The van der Waals surface area contributed by atoms with Gasteiger partial charge in [-0.15, -0.1) is 0 Å². The molecule has 0 aliphatic carbocycles. The molecule has 0 unspecified atom stereocenters. The average molecular weight is 328 g/mol. The van der Waals surface area contributed by atoms with Gasteiger partial charge in [-0.1, -0.05) is 11.6 Å². The highest BCUT2D eigenvalue weighted by molar-refractivity contribution is 5.97. The Morgan fingerprint density at radius 3 is 2.75 bits per heavy atom. The van der Waals surface area contributed by atoms with Crippen LogP contribution in [-0.2, 0) is 22.6 Å². The average Bonchev–Trinajstić information content (AvgIpc) is 2.93. The zero-order valence-electron chi connectivity index (χ0n) is 13.9. The first kappa shape index (κ1) is 17.5. The van der Waals surface area contributed by atoms with E-state index in [4.69, 9.17) is 9.47 Å². The SMILES string of the molecule is COc1c(C)c2c(c(C#N)c1C/C=C(\C)CCC(=O)[O-])C(=O)OC2. The molecule has 1 aromatic carbocycles. The van der Waals surface area contributed by atoms with Gasteiger partial charge in [0.1, 0.15) is 18.4 Å². The van der Waals surface area contributed by atoms with E-state index in [0.717, 1.165) is 11.1 Å². The molecule has 0 atom stereocenters. The van der Waals surface area contributed by atoms with Crippen molar-refractivity contribution in [2.75, 3.05) is 7.11 Å². The second-order valence-electron chi connectivity index (χ2n) is 5.68. The lowest BCUT2D eigenvalue weighted by Crippen LogP contribution is -2.21. The number of rotatable bonds is 6. The highest BCUT2D eigenvalue weighted by Gasteiger charge is 2.31. The van der Waals surface area contributed by atoms with Crippen LogP contribution in [0.15, 0.2) is 11.6 Å². The molecule has 1 aliphatic rings. The molecule has 0 amide bonds. The van der Waals surface area contributed by atoms with E-state index in [1.54, 1.807) is 0 Å². The van der Waals surface area contributed by atoms with Crippen molar-refractivity contribution >= 4 is 11.9 Å². The number of hydrogen-bond acceptors (Lipinski definition) is 6. The van der Waals surface area contributed by atoms with Gasteiger partial charge in [0.25, 0.3) is 0 Å². The van der Waals surface area contributed by atoms with Crippen molar-refractivity contribution < 1.29 is 24.2 Å². The minimum Gasteiger partial charge on any atom is -0.550 e. The van der Waals surface area contributed by atoms with E-state index in [0.29, 0.717) is 35.3 Å². The number of nitrogens with zero attached hydrogens (tertiary/aromatic N) is 1. The maximum absolute atomic E-state index is 12.0. The molecular formula is C18H18NO5-. The number of fused-ring (bicyclic) bond motifs is 1. The smallest absolute Gasteiger partial charge is 0.340 e. The van der Waals surface area contributed by atoms with Gasteiger partial charge in [-0.05, 0) is 38.7 Å². The molecule has 6 heteroatoms. The summed E-state index contributed by atoms with van der Waals surface area (Å²) >= 11 is 0. The molecule has 24 heavy (non-hydrogen) atoms. The Balaban J connectivity index is 2.46. The number of carbonyl (C=O) groups excluding carboxylic acids is 2. The molecule has 2 rings (SSSR count). The van der Waals surface area contributed by atoms with Crippen LogP contribution < -0.4 is 9.84 Å². The maximum atomic E-state index is 12.0. The second-order valence-corrected chi connectivity index (χ2v) is 5.68. The molecule has 0 bridgehead atoms. The van der Waals surface area contributed by atoms with Crippen molar-refractivity contribution in [3.05, 3.63) is 39.5 Å². The van der Waals surface area contributed by atoms with Crippen LogP contribution in [-0.4, -0.2) is 19.0 Å². The van der Waals surface area contributed by atoms with Crippen molar-refractivity contribution in [1.82, 2.24) is 0 Å². The molecule has 0 radical (unpaired) electrons. The van der Waals surface area contributed by atoms with Crippen LogP contribution in [0, 0.1) is 18.3 Å². The number of benzene rings is 1. The highest BCUT2D eigenvalue weighted by atomic mass is 16.5. The predicted molar refractivity (Wildman–Crippen MR) is 83.3 cm³/mol. The van der Waals surface area contributed by atoms with Crippen LogP contribution >= 0.6 is 0 Å². The van der Waals surface area contributed by atoms with Crippen LogP contribution in [0.4, 0.5) is 0 Å². The third-order valence-electron chi connectivity index (χ3n) is 4.17. The van der Waals surface area contributed by atoms with E-state index in [1.165, 1.54) is 7.11 Å². The largest absolute Gasteiger partial charge is 0.550 e. The van der Waals surface area contributed by atoms with Crippen LogP contribution in [0.3, 0.4) is 0 Å². The van der Waals surface area contributed by atoms with Gasteiger partial charge in [-0.25, -0.2) is 4.79 Å². The summed E-state index contributed by atoms with van der Waals surface area (Å²) in [4.78, 5) is 22.5. The summed E-state index contributed by atoms with van der Waals surface area (Å²) in [7, 11) is 1.52. The van der Waals surface area contributed by atoms with Gasteiger partial charge < -0.3 is 19.4 Å². The zero-order valence-corrected chi connectivity index (χ0v) is 13.9. The number of aliphatic carboxylic acids is 1.